The lowest BCUT2D eigenvalue weighted by molar-refractivity contribution is 0.0344. The maximum absolute atomic E-state index is 6.27. The number of rotatable bonds is 10. The minimum Gasteiger partial charge on any atom is -0.381 e. The Balaban J connectivity index is 1.59. The fraction of sp³-hybridized carbons (Fsp3) is 0.250. The van der Waals surface area contributed by atoms with Gasteiger partial charge in [0.05, 0.1) is 12.7 Å². The minimum atomic E-state index is 0.0968. The van der Waals surface area contributed by atoms with Gasteiger partial charge in [0.15, 0.2) is 0 Å². The molecule has 0 heterocycles. The van der Waals surface area contributed by atoms with E-state index in [1.165, 1.54) is 16.7 Å². The van der Waals surface area contributed by atoms with Crippen LogP contribution in [0.15, 0.2) is 84.9 Å². The number of nitrogens with one attached hydrogen (secondary N) is 2. The summed E-state index contributed by atoms with van der Waals surface area (Å²) in [6.07, 6.45) is 1.05. The van der Waals surface area contributed by atoms with Crippen molar-refractivity contribution in [1.82, 2.24) is 5.32 Å². The number of anilines is 1. The summed E-state index contributed by atoms with van der Waals surface area (Å²) in [5, 5.41) is 6.71. The molecule has 3 heteroatoms. The van der Waals surface area contributed by atoms with Gasteiger partial charge in [-0.15, -0.1) is 0 Å². The lowest BCUT2D eigenvalue weighted by atomic mass is 10.1. The first-order valence-electron chi connectivity index (χ1n) is 9.53. The highest BCUT2D eigenvalue weighted by molar-refractivity contribution is 5.46. The SMILES string of the molecule is CNCCC(OCc1cccc(NCc2ccccc2)c1)c1ccccc1. The lowest BCUT2D eigenvalue weighted by Crippen LogP contribution is -2.14. The van der Waals surface area contributed by atoms with Crippen LogP contribution in [0.4, 0.5) is 5.69 Å². The summed E-state index contributed by atoms with van der Waals surface area (Å²) in [6.45, 7) is 2.35. The molecule has 2 N–H and O–H groups in total. The van der Waals surface area contributed by atoms with Gasteiger partial charge in [0.1, 0.15) is 0 Å². The zero-order valence-corrected chi connectivity index (χ0v) is 15.9. The second-order valence-electron chi connectivity index (χ2n) is 6.64. The first-order valence-corrected chi connectivity index (χ1v) is 9.53. The van der Waals surface area contributed by atoms with Gasteiger partial charge in [0.25, 0.3) is 0 Å². The van der Waals surface area contributed by atoms with E-state index in [2.05, 4.69) is 83.4 Å². The van der Waals surface area contributed by atoms with E-state index in [0.29, 0.717) is 6.61 Å². The molecule has 0 radical (unpaired) electrons. The molecular formula is C24H28N2O. The molecule has 27 heavy (non-hydrogen) atoms. The van der Waals surface area contributed by atoms with Crippen LogP contribution in [0.5, 0.6) is 0 Å². The maximum atomic E-state index is 6.27. The molecule has 3 nitrogen and oxygen atoms in total. The molecule has 0 fully saturated rings. The molecule has 0 aliphatic heterocycles. The average molecular weight is 361 g/mol. The zero-order valence-electron chi connectivity index (χ0n) is 15.9. The highest BCUT2D eigenvalue weighted by atomic mass is 16.5. The number of ether oxygens (including phenoxy) is 1. The Morgan fingerprint density at radius 3 is 2.26 bits per heavy atom. The normalized spacial score (nSPS) is 11.9. The van der Waals surface area contributed by atoms with E-state index in [-0.39, 0.29) is 6.10 Å². The smallest absolute Gasteiger partial charge is 0.0841 e. The van der Waals surface area contributed by atoms with Crippen molar-refractivity contribution in [3.05, 3.63) is 102 Å². The molecule has 0 aliphatic rings. The highest BCUT2D eigenvalue weighted by Crippen LogP contribution is 2.23. The summed E-state index contributed by atoms with van der Waals surface area (Å²) in [7, 11) is 1.98. The second kappa shape index (κ2) is 10.5. The monoisotopic (exact) mass is 360 g/mol. The van der Waals surface area contributed by atoms with E-state index < -0.39 is 0 Å². The predicted octanol–water partition coefficient (Wildman–Crippen LogP) is 5.17. The van der Waals surface area contributed by atoms with Crippen LogP contribution in [0.25, 0.3) is 0 Å². The van der Waals surface area contributed by atoms with Crippen molar-refractivity contribution in [1.29, 1.82) is 0 Å². The van der Waals surface area contributed by atoms with Crippen LogP contribution in [0, 0.1) is 0 Å². The standard InChI is InChI=1S/C24H28N2O/c1-25-16-15-24(22-12-6-3-7-13-22)27-19-21-11-8-14-23(17-21)26-18-20-9-4-2-5-10-20/h2-14,17,24-26H,15-16,18-19H2,1H3. The first kappa shape index (κ1) is 19.2. The molecule has 140 valence electrons. The van der Waals surface area contributed by atoms with Crippen LogP contribution < -0.4 is 10.6 Å². The number of benzene rings is 3. The van der Waals surface area contributed by atoms with Crippen molar-refractivity contribution >= 4 is 5.69 Å². The third kappa shape index (κ3) is 6.24. The van der Waals surface area contributed by atoms with E-state index in [9.17, 15) is 0 Å². The Kier molecular flexibility index (Phi) is 7.45. The first-order chi connectivity index (χ1) is 13.3. The van der Waals surface area contributed by atoms with E-state index in [4.69, 9.17) is 4.74 Å². The molecule has 0 amide bonds. The molecular weight excluding hydrogens is 332 g/mol. The van der Waals surface area contributed by atoms with Crippen molar-refractivity contribution < 1.29 is 4.74 Å². The molecule has 3 aromatic rings. The summed E-state index contributed by atoms with van der Waals surface area (Å²) < 4.78 is 6.27. The molecule has 0 saturated carbocycles. The van der Waals surface area contributed by atoms with Crippen LogP contribution in [-0.4, -0.2) is 13.6 Å². The third-order valence-electron chi connectivity index (χ3n) is 4.55. The van der Waals surface area contributed by atoms with Crippen molar-refractivity contribution in [3.8, 4) is 0 Å². The second-order valence-corrected chi connectivity index (χ2v) is 6.64. The van der Waals surface area contributed by atoms with Crippen molar-refractivity contribution in [2.45, 2.75) is 25.7 Å². The van der Waals surface area contributed by atoms with Gasteiger partial charge < -0.3 is 15.4 Å². The quantitative estimate of drug-likeness (QED) is 0.523. The van der Waals surface area contributed by atoms with Crippen molar-refractivity contribution in [2.75, 3.05) is 18.9 Å². The van der Waals surface area contributed by atoms with Crippen molar-refractivity contribution in [3.63, 3.8) is 0 Å². The Hall–Kier alpha value is -2.62. The molecule has 1 unspecified atom stereocenters. The minimum absolute atomic E-state index is 0.0968. The summed E-state index contributed by atoms with van der Waals surface area (Å²) in [6, 6.07) is 29.4. The van der Waals surface area contributed by atoms with E-state index in [1.807, 2.05) is 19.2 Å². The molecule has 1 atom stereocenters. The van der Waals surface area contributed by atoms with E-state index in [0.717, 1.165) is 25.2 Å². The van der Waals surface area contributed by atoms with Crippen molar-refractivity contribution in [2.24, 2.45) is 0 Å². The lowest BCUT2D eigenvalue weighted by Gasteiger charge is -2.19. The van der Waals surface area contributed by atoms with E-state index >= 15 is 0 Å². The van der Waals surface area contributed by atoms with Crippen LogP contribution in [0.2, 0.25) is 0 Å². The Bertz CT molecular complexity index is 790. The molecule has 0 saturated heterocycles. The Labute approximate surface area is 162 Å². The van der Waals surface area contributed by atoms with Crippen LogP contribution in [0.1, 0.15) is 29.2 Å². The van der Waals surface area contributed by atoms with Crippen LogP contribution in [0.3, 0.4) is 0 Å². The largest absolute Gasteiger partial charge is 0.381 e. The molecule has 0 aromatic heterocycles. The third-order valence-corrected chi connectivity index (χ3v) is 4.55. The van der Waals surface area contributed by atoms with Gasteiger partial charge in [0, 0.05) is 12.2 Å². The molecule has 0 aliphatic carbocycles. The fourth-order valence-corrected chi connectivity index (χ4v) is 3.06. The van der Waals surface area contributed by atoms with Gasteiger partial charge in [-0.05, 0) is 48.8 Å². The van der Waals surface area contributed by atoms with Gasteiger partial charge in [-0.3, -0.25) is 0 Å². The summed E-state index contributed by atoms with van der Waals surface area (Å²) in [5.41, 5.74) is 4.80. The summed E-state index contributed by atoms with van der Waals surface area (Å²) in [5.74, 6) is 0. The summed E-state index contributed by atoms with van der Waals surface area (Å²) in [4.78, 5) is 0. The van der Waals surface area contributed by atoms with Gasteiger partial charge in [-0.2, -0.15) is 0 Å². The molecule has 0 spiro atoms. The van der Waals surface area contributed by atoms with Gasteiger partial charge in [-0.25, -0.2) is 0 Å². The molecule has 0 bridgehead atoms. The van der Waals surface area contributed by atoms with Crippen LogP contribution >= 0.6 is 0 Å². The van der Waals surface area contributed by atoms with Gasteiger partial charge >= 0.3 is 0 Å². The Morgan fingerprint density at radius 1 is 0.815 bits per heavy atom. The number of hydrogen-bond donors (Lipinski definition) is 2. The highest BCUT2D eigenvalue weighted by Gasteiger charge is 2.11. The van der Waals surface area contributed by atoms with Crippen LogP contribution in [-0.2, 0) is 17.9 Å². The fourth-order valence-electron chi connectivity index (χ4n) is 3.06. The average Bonchev–Trinajstić information content (AvgIpc) is 2.74. The summed E-state index contributed by atoms with van der Waals surface area (Å²) >= 11 is 0. The maximum Gasteiger partial charge on any atom is 0.0841 e. The topological polar surface area (TPSA) is 33.3 Å². The van der Waals surface area contributed by atoms with Gasteiger partial charge in [0.2, 0.25) is 0 Å². The number of hydrogen-bond acceptors (Lipinski definition) is 3. The Morgan fingerprint density at radius 2 is 1.52 bits per heavy atom. The predicted molar refractivity (Wildman–Crippen MR) is 113 cm³/mol. The van der Waals surface area contributed by atoms with E-state index in [1.54, 1.807) is 0 Å². The molecule has 3 rings (SSSR count). The zero-order chi connectivity index (χ0) is 18.7. The molecule has 3 aromatic carbocycles. The van der Waals surface area contributed by atoms with Gasteiger partial charge in [-0.1, -0.05) is 72.8 Å².